The Hall–Kier alpha value is -1.20. The zero-order valence-corrected chi connectivity index (χ0v) is 10.6. The minimum atomic E-state index is 0.251. The first kappa shape index (κ1) is 11.9. The van der Waals surface area contributed by atoms with Gasteiger partial charge in [-0.05, 0) is 25.3 Å². The Bertz CT molecular complexity index is 406. The van der Waals surface area contributed by atoms with Crippen LogP contribution in [-0.2, 0) is 4.74 Å². The number of nitrogens with zero attached hydrogens (tertiary/aromatic N) is 3. The summed E-state index contributed by atoms with van der Waals surface area (Å²) in [5.74, 6) is 1.26. The average molecular weight is 248 g/mol. The summed E-state index contributed by atoms with van der Waals surface area (Å²) in [4.78, 5) is 11.3. The van der Waals surface area contributed by atoms with Gasteiger partial charge in [0.25, 0.3) is 0 Å². The maximum absolute atomic E-state index is 6.01. The van der Waals surface area contributed by atoms with E-state index in [-0.39, 0.29) is 6.04 Å². The van der Waals surface area contributed by atoms with Gasteiger partial charge in [0.15, 0.2) is 0 Å². The van der Waals surface area contributed by atoms with Crippen molar-refractivity contribution in [1.82, 2.24) is 9.97 Å². The number of aromatic nitrogens is 2. The van der Waals surface area contributed by atoms with E-state index in [2.05, 4.69) is 9.88 Å². The Labute approximate surface area is 107 Å². The van der Waals surface area contributed by atoms with Gasteiger partial charge in [-0.1, -0.05) is 0 Å². The van der Waals surface area contributed by atoms with Crippen molar-refractivity contribution < 1.29 is 4.74 Å². The van der Waals surface area contributed by atoms with E-state index in [0.29, 0.717) is 5.92 Å². The van der Waals surface area contributed by atoms with Crippen LogP contribution in [0.2, 0.25) is 0 Å². The molecule has 2 aliphatic rings. The fourth-order valence-electron chi connectivity index (χ4n) is 2.70. The Morgan fingerprint density at radius 2 is 2.33 bits per heavy atom. The Morgan fingerprint density at radius 1 is 1.39 bits per heavy atom. The first-order valence-electron chi connectivity index (χ1n) is 6.74. The quantitative estimate of drug-likeness (QED) is 0.842. The molecule has 2 saturated heterocycles. The topological polar surface area (TPSA) is 64.3 Å². The van der Waals surface area contributed by atoms with Crippen molar-refractivity contribution >= 4 is 5.95 Å². The fourth-order valence-corrected chi connectivity index (χ4v) is 2.70. The second kappa shape index (κ2) is 5.20. The normalized spacial score (nSPS) is 28.6. The fraction of sp³-hybridized carbons (Fsp3) is 0.692. The smallest absolute Gasteiger partial charge is 0.225 e. The summed E-state index contributed by atoms with van der Waals surface area (Å²) in [6.45, 7) is 3.51. The zero-order valence-electron chi connectivity index (χ0n) is 10.6. The number of nitrogens with two attached hydrogens (primary N) is 1. The number of hydrogen-bond donors (Lipinski definition) is 1. The van der Waals surface area contributed by atoms with Gasteiger partial charge in [0.05, 0.1) is 12.3 Å². The Kier molecular flexibility index (Phi) is 3.43. The van der Waals surface area contributed by atoms with E-state index in [4.69, 9.17) is 15.5 Å². The van der Waals surface area contributed by atoms with E-state index in [1.807, 2.05) is 12.3 Å². The molecule has 2 atom stereocenters. The monoisotopic (exact) mass is 248 g/mol. The van der Waals surface area contributed by atoms with Crippen molar-refractivity contribution in [2.75, 3.05) is 31.2 Å². The maximum atomic E-state index is 6.01. The molecule has 1 aromatic heterocycles. The zero-order chi connectivity index (χ0) is 12.4. The summed E-state index contributed by atoms with van der Waals surface area (Å²) >= 11 is 0. The third-order valence-corrected chi connectivity index (χ3v) is 3.75. The molecule has 5 nitrogen and oxygen atoms in total. The van der Waals surface area contributed by atoms with E-state index >= 15 is 0 Å². The van der Waals surface area contributed by atoms with Crippen molar-refractivity contribution in [2.24, 2.45) is 5.73 Å². The van der Waals surface area contributed by atoms with Gasteiger partial charge in [0, 0.05) is 37.9 Å². The molecule has 2 unspecified atom stereocenters. The van der Waals surface area contributed by atoms with Crippen molar-refractivity contribution in [2.45, 2.75) is 31.2 Å². The van der Waals surface area contributed by atoms with Crippen LogP contribution < -0.4 is 10.6 Å². The summed E-state index contributed by atoms with van der Waals surface area (Å²) in [7, 11) is 0. The Morgan fingerprint density at radius 3 is 3.11 bits per heavy atom. The molecule has 0 radical (unpaired) electrons. The van der Waals surface area contributed by atoms with Crippen LogP contribution >= 0.6 is 0 Å². The van der Waals surface area contributed by atoms with Crippen LogP contribution in [0.1, 0.15) is 30.9 Å². The van der Waals surface area contributed by atoms with Gasteiger partial charge >= 0.3 is 0 Å². The van der Waals surface area contributed by atoms with Crippen LogP contribution in [0.5, 0.6) is 0 Å². The highest BCUT2D eigenvalue weighted by Crippen LogP contribution is 2.25. The predicted molar refractivity (Wildman–Crippen MR) is 69.6 cm³/mol. The highest BCUT2D eigenvalue weighted by molar-refractivity contribution is 5.32. The molecule has 1 aromatic rings. The molecule has 0 spiro atoms. The van der Waals surface area contributed by atoms with Crippen molar-refractivity contribution in [3.63, 3.8) is 0 Å². The molecular formula is C13H20N4O. The lowest BCUT2D eigenvalue weighted by Gasteiger charge is -2.31. The largest absolute Gasteiger partial charge is 0.381 e. The van der Waals surface area contributed by atoms with Crippen LogP contribution in [-0.4, -0.2) is 42.3 Å². The SMILES string of the molecule is NC1CCCN(c2nccc(C3CCOC3)n2)C1. The predicted octanol–water partition coefficient (Wildman–Crippen LogP) is 0.908. The van der Waals surface area contributed by atoms with Crippen LogP contribution in [0.4, 0.5) is 5.95 Å². The summed E-state index contributed by atoms with van der Waals surface area (Å²) in [6, 6.07) is 2.26. The molecule has 3 heterocycles. The lowest BCUT2D eigenvalue weighted by atomic mass is 10.0. The number of piperidine rings is 1. The molecule has 2 fully saturated rings. The van der Waals surface area contributed by atoms with Gasteiger partial charge in [-0.3, -0.25) is 0 Å². The molecule has 0 aromatic carbocycles. The van der Waals surface area contributed by atoms with Crippen LogP contribution in [0.25, 0.3) is 0 Å². The third-order valence-electron chi connectivity index (χ3n) is 3.75. The summed E-state index contributed by atoms with van der Waals surface area (Å²) in [5.41, 5.74) is 7.11. The number of anilines is 1. The van der Waals surface area contributed by atoms with Gasteiger partial charge in [-0.15, -0.1) is 0 Å². The van der Waals surface area contributed by atoms with E-state index in [1.165, 1.54) is 0 Å². The molecule has 98 valence electrons. The van der Waals surface area contributed by atoms with E-state index < -0.39 is 0 Å². The molecular weight excluding hydrogens is 228 g/mol. The maximum Gasteiger partial charge on any atom is 0.225 e. The molecule has 3 rings (SSSR count). The van der Waals surface area contributed by atoms with Crippen LogP contribution in [0.15, 0.2) is 12.3 Å². The van der Waals surface area contributed by atoms with Gasteiger partial charge < -0.3 is 15.4 Å². The molecule has 0 bridgehead atoms. The lowest BCUT2D eigenvalue weighted by molar-refractivity contribution is 0.193. The minimum absolute atomic E-state index is 0.251. The van der Waals surface area contributed by atoms with Crippen LogP contribution in [0, 0.1) is 0 Å². The summed E-state index contributed by atoms with van der Waals surface area (Å²) in [6.07, 6.45) is 5.15. The van der Waals surface area contributed by atoms with Gasteiger partial charge in [0.2, 0.25) is 5.95 Å². The van der Waals surface area contributed by atoms with E-state index in [9.17, 15) is 0 Å². The lowest BCUT2D eigenvalue weighted by Crippen LogP contribution is -2.43. The number of hydrogen-bond acceptors (Lipinski definition) is 5. The van der Waals surface area contributed by atoms with Crippen molar-refractivity contribution in [3.8, 4) is 0 Å². The third kappa shape index (κ3) is 2.47. The van der Waals surface area contributed by atoms with Crippen LogP contribution in [0.3, 0.4) is 0 Å². The molecule has 0 aliphatic carbocycles. The minimum Gasteiger partial charge on any atom is -0.381 e. The number of ether oxygens (including phenoxy) is 1. The number of rotatable bonds is 2. The van der Waals surface area contributed by atoms with Crippen molar-refractivity contribution in [1.29, 1.82) is 0 Å². The van der Waals surface area contributed by atoms with E-state index in [0.717, 1.165) is 57.2 Å². The molecule has 0 saturated carbocycles. The average Bonchev–Trinajstić information content (AvgIpc) is 2.93. The first-order chi connectivity index (χ1) is 8.83. The van der Waals surface area contributed by atoms with Gasteiger partial charge in [-0.2, -0.15) is 0 Å². The first-order valence-corrected chi connectivity index (χ1v) is 6.74. The Balaban J connectivity index is 1.77. The van der Waals surface area contributed by atoms with E-state index in [1.54, 1.807) is 0 Å². The molecule has 2 N–H and O–H groups in total. The second-order valence-electron chi connectivity index (χ2n) is 5.19. The van der Waals surface area contributed by atoms with Gasteiger partial charge in [0.1, 0.15) is 0 Å². The standard InChI is InChI=1S/C13H20N4O/c14-11-2-1-6-17(8-11)13-15-5-3-12(16-13)10-4-7-18-9-10/h3,5,10-11H,1-2,4,6-9,14H2. The summed E-state index contributed by atoms with van der Waals surface area (Å²) < 4.78 is 5.42. The highest BCUT2D eigenvalue weighted by atomic mass is 16.5. The summed E-state index contributed by atoms with van der Waals surface area (Å²) in [5, 5.41) is 0. The second-order valence-corrected chi connectivity index (χ2v) is 5.19. The molecule has 5 heteroatoms. The van der Waals surface area contributed by atoms with Gasteiger partial charge in [-0.25, -0.2) is 9.97 Å². The molecule has 2 aliphatic heterocycles. The van der Waals surface area contributed by atoms with Crippen molar-refractivity contribution in [3.05, 3.63) is 18.0 Å². The molecule has 18 heavy (non-hydrogen) atoms. The highest BCUT2D eigenvalue weighted by Gasteiger charge is 2.22. The molecule has 0 amide bonds.